The number of hydrogen-bond donors (Lipinski definition) is 1. The van der Waals surface area contributed by atoms with Crippen LogP contribution >= 0.6 is 23.4 Å². The minimum atomic E-state index is -0.704. The van der Waals surface area contributed by atoms with E-state index in [1.165, 1.54) is 0 Å². The van der Waals surface area contributed by atoms with Crippen molar-refractivity contribution in [2.75, 3.05) is 5.32 Å². The molecular formula is C11H8ClKN2O3S. The van der Waals surface area contributed by atoms with Crippen LogP contribution in [0.2, 0.25) is 5.02 Å². The summed E-state index contributed by atoms with van der Waals surface area (Å²) in [6, 6.07) is 6.59. The summed E-state index contributed by atoms with van der Waals surface area (Å²) in [5.74, 6) is -0.885. The van der Waals surface area contributed by atoms with Gasteiger partial charge in [-0.05, 0) is 24.3 Å². The molecule has 1 fully saturated rings. The molecule has 0 aromatic heterocycles. The summed E-state index contributed by atoms with van der Waals surface area (Å²) in [7, 11) is 0. The third-order valence-corrected chi connectivity index (χ3v) is 3.42. The molecular weight excluding hydrogens is 315 g/mol. The molecule has 94 valence electrons. The summed E-state index contributed by atoms with van der Waals surface area (Å²) in [5, 5.41) is 5.17. The SMILES string of the molecule is O=C(CC1SC(=O)[N-]C1=O)Nc1ccc(Cl)cc1.[K+]. The van der Waals surface area contributed by atoms with Gasteiger partial charge in [0.15, 0.2) is 0 Å². The maximum atomic E-state index is 11.6. The van der Waals surface area contributed by atoms with Crippen molar-refractivity contribution >= 4 is 46.1 Å². The normalized spacial score (nSPS) is 17.6. The summed E-state index contributed by atoms with van der Waals surface area (Å²) in [4.78, 5) is 33.7. The van der Waals surface area contributed by atoms with Crippen LogP contribution in [0.3, 0.4) is 0 Å². The van der Waals surface area contributed by atoms with Crippen LogP contribution in [0.25, 0.3) is 5.32 Å². The fourth-order valence-electron chi connectivity index (χ4n) is 1.40. The number of carbonyl (C=O) groups is 3. The van der Waals surface area contributed by atoms with Gasteiger partial charge in [0.25, 0.3) is 0 Å². The summed E-state index contributed by atoms with van der Waals surface area (Å²) in [5.41, 5.74) is 0.586. The van der Waals surface area contributed by atoms with Gasteiger partial charge in [0, 0.05) is 17.1 Å². The first-order valence-corrected chi connectivity index (χ1v) is 6.32. The third-order valence-electron chi connectivity index (χ3n) is 2.22. The number of imide groups is 1. The summed E-state index contributed by atoms with van der Waals surface area (Å²) < 4.78 is 0. The molecule has 1 aromatic rings. The summed E-state index contributed by atoms with van der Waals surface area (Å²) in [6.07, 6.45) is -0.0681. The number of rotatable bonds is 3. The molecule has 0 bridgehead atoms. The van der Waals surface area contributed by atoms with Gasteiger partial charge in [0.2, 0.25) is 5.91 Å². The second kappa shape index (κ2) is 7.77. The zero-order valence-electron chi connectivity index (χ0n) is 10.1. The third kappa shape index (κ3) is 5.18. The Hall–Kier alpha value is 0.106. The van der Waals surface area contributed by atoms with E-state index in [-0.39, 0.29) is 63.7 Å². The molecule has 0 saturated carbocycles. The van der Waals surface area contributed by atoms with Gasteiger partial charge in [-0.25, -0.2) is 0 Å². The summed E-state index contributed by atoms with van der Waals surface area (Å²) >= 11 is 6.49. The second-order valence-corrected chi connectivity index (χ2v) is 5.17. The fourth-order valence-corrected chi connectivity index (χ4v) is 2.30. The van der Waals surface area contributed by atoms with Crippen molar-refractivity contribution in [1.82, 2.24) is 0 Å². The van der Waals surface area contributed by atoms with Crippen LogP contribution in [0.15, 0.2) is 24.3 Å². The van der Waals surface area contributed by atoms with Gasteiger partial charge in [0.05, 0.1) is 11.2 Å². The smallest absolute Gasteiger partial charge is 0.585 e. The Kier molecular flexibility index (Phi) is 7.02. The molecule has 0 spiro atoms. The van der Waals surface area contributed by atoms with Crippen LogP contribution in [0.5, 0.6) is 0 Å². The Morgan fingerprint density at radius 1 is 1.32 bits per heavy atom. The van der Waals surface area contributed by atoms with E-state index in [2.05, 4.69) is 10.6 Å². The first-order valence-electron chi connectivity index (χ1n) is 5.06. The van der Waals surface area contributed by atoms with Crippen LogP contribution in [-0.4, -0.2) is 22.3 Å². The van der Waals surface area contributed by atoms with E-state index in [4.69, 9.17) is 11.6 Å². The number of anilines is 1. The van der Waals surface area contributed by atoms with E-state index in [0.717, 1.165) is 11.8 Å². The zero-order valence-corrected chi connectivity index (χ0v) is 14.7. The van der Waals surface area contributed by atoms with Gasteiger partial charge < -0.3 is 20.2 Å². The van der Waals surface area contributed by atoms with Crippen LogP contribution in [-0.2, 0) is 9.59 Å². The number of nitrogens with zero attached hydrogens (tertiary/aromatic N) is 1. The molecule has 1 aliphatic rings. The van der Waals surface area contributed by atoms with Crippen LogP contribution in [0, 0.1) is 0 Å². The fraction of sp³-hybridized carbons (Fsp3) is 0.182. The van der Waals surface area contributed by atoms with Crippen molar-refractivity contribution < 1.29 is 65.8 Å². The number of hydrogen-bond acceptors (Lipinski definition) is 4. The average molecular weight is 323 g/mol. The van der Waals surface area contributed by atoms with E-state index < -0.39 is 16.4 Å². The van der Waals surface area contributed by atoms with E-state index in [9.17, 15) is 14.4 Å². The molecule has 1 aliphatic heterocycles. The number of nitrogens with one attached hydrogen (secondary N) is 1. The van der Waals surface area contributed by atoms with E-state index in [1.54, 1.807) is 24.3 Å². The molecule has 1 aromatic carbocycles. The molecule has 2 rings (SSSR count). The molecule has 0 aliphatic carbocycles. The standard InChI is InChI=1S/C11H9ClN2O3S.K/c12-6-1-3-7(4-2-6)13-9(15)5-8-10(16)14-11(17)18-8;/h1-4,8H,5H2,(H2,13,14,15,16,17);/q;+1/p-1. The first kappa shape index (κ1) is 17.2. The predicted octanol–water partition coefficient (Wildman–Crippen LogP) is -0.192. The number of benzene rings is 1. The first-order chi connectivity index (χ1) is 8.54. The van der Waals surface area contributed by atoms with E-state index in [1.807, 2.05) is 0 Å². The Morgan fingerprint density at radius 3 is 2.47 bits per heavy atom. The van der Waals surface area contributed by atoms with Crippen LogP contribution in [0.1, 0.15) is 6.42 Å². The van der Waals surface area contributed by atoms with Gasteiger partial charge in [-0.1, -0.05) is 23.4 Å². The molecule has 3 amide bonds. The molecule has 1 saturated heterocycles. The number of halogens is 1. The van der Waals surface area contributed by atoms with E-state index in [0.29, 0.717) is 10.7 Å². The van der Waals surface area contributed by atoms with Gasteiger partial charge in [0.1, 0.15) is 5.24 Å². The van der Waals surface area contributed by atoms with Crippen LogP contribution < -0.4 is 56.7 Å². The maximum Gasteiger partial charge on any atom is 1.00 e. The zero-order chi connectivity index (χ0) is 13.1. The van der Waals surface area contributed by atoms with E-state index >= 15 is 0 Å². The van der Waals surface area contributed by atoms with Crippen molar-refractivity contribution in [1.29, 1.82) is 0 Å². The van der Waals surface area contributed by atoms with Gasteiger partial charge in [-0.3, -0.25) is 4.79 Å². The summed E-state index contributed by atoms with van der Waals surface area (Å²) in [6.45, 7) is 0. The maximum absolute atomic E-state index is 11.6. The van der Waals surface area contributed by atoms with Crippen molar-refractivity contribution in [2.45, 2.75) is 11.7 Å². The monoisotopic (exact) mass is 322 g/mol. The van der Waals surface area contributed by atoms with Crippen molar-refractivity contribution in [2.24, 2.45) is 0 Å². The van der Waals surface area contributed by atoms with Crippen molar-refractivity contribution in [3.63, 3.8) is 0 Å². The van der Waals surface area contributed by atoms with Gasteiger partial charge >= 0.3 is 51.4 Å². The molecule has 5 nitrogen and oxygen atoms in total. The Labute approximate surface area is 161 Å². The van der Waals surface area contributed by atoms with Crippen molar-refractivity contribution in [3.8, 4) is 0 Å². The minimum Gasteiger partial charge on any atom is -0.585 e. The number of amides is 3. The Bertz CT molecular complexity index is 509. The van der Waals surface area contributed by atoms with Crippen LogP contribution in [0.4, 0.5) is 10.5 Å². The Morgan fingerprint density at radius 2 is 1.95 bits per heavy atom. The predicted molar refractivity (Wildman–Crippen MR) is 69.8 cm³/mol. The largest absolute Gasteiger partial charge is 1.00 e. The number of carbonyl (C=O) groups excluding carboxylic acids is 3. The molecule has 8 heteroatoms. The Balaban J connectivity index is 0.00000180. The molecule has 1 atom stereocenters. The average Bonchev–Trinajstić information content (AvgIpc) is 2.61. The minimum absolute atomic E-state index is 0. The van der Waals surface area contributed by atoms with Gasteiger partial charge in [-0.15, -0.1) is 0 Å². The topological polar surface area (TPSA) is 77.3 Å². The molecule has 1 unspecified atom stereocenters. The number of thioether (sulfide) groups is 1. The molecule has 1 heterocycles. The van der Waals surface area contributed by atoms with Gasteiger partial charge in [-0.2, -0.15) is 0 Å². The molecule has 19 heavy (non-hydrogen) atoms. The quantitative estimate of drug-likeness (QED) is 0.782. The van der Waals surface area contributed by atoms with Crippen molar-refractivity contribution in [3.05, 3.63) is 34.6 Å². The molecule has 1 N–H and O–H groups in total. The molecule has 0 radical (unpaired) electrons. The second-order valence-electron chi connectivity index (χ2n) is 3.58.